The van der Waals surface area contributed by atoms with Crippen molar-refractivity contribution in [1.82, 2.24) is 10.2 Å². The first-order chi connectivity index (χ1) is 7.88. The van der Waals surface area contributed by atoms with E-state index in [1.165, 1.54) is 38.6 Å². The van der Waals surface area contributed by atoms with Gasteiger partial charge in [0.15, 0.2) is 0 Å². The van der Waals surface area contributed by atoms with E-state index in [0.717, 1.165) is 19.6 Å². The molecule has 1 fully saturated rings. The van der Waals surface area contributed by atoms with Gasteiger partial charge in [-0.05, 0) is 13.0 Å². The summed E-state index contributed by atoms with van der Waals surface area (Å²) in [4.78, 5) is 2.49. The topological polar surface area (TPSA) is 39.1 Å². The molecular formula is C13H25N3. The number of nitrogens with zero attached hydrogens (tertiary/aromatic N) is 2. The van der Waals surface area contributed by atoms with E-state index in [4.69, 9.17) is 5.26 Å². The second kappa shape index (κ2) is 8.55. The molecule has 1 heterocycles. The zero-order valence-electron chi connectivity index (χ0n) is 10.5. The lowest BCUT2D eigenvalue weighted by molar-refractivity contribution is 0.160. The average molecular weight is 223 g/mol. The van der Waals surface area contributed by atoms with Gasteiger partial charge < -0.3 is 5.32 Å². The highest BCUT2D eigenvalue weighted by Crippen LogP contribution is 2.10. The van der Waals surface area contributed by atoms with E-state index in [2.05, 4.69) is 23.2 Å². The molecule has 92 valence electrons. The lowest BCUT2D eigenvalue weighted by Crippen LogP contribution is -2.51. The first-order valence-corrected chi connectivity index (χ1v) is 6.70. The molecule has 0 saturated carbocycles. The van der Waals surface area contributed by atoms with Gasteiger partial charge in [0.05, 0.1) is 12.5 Å². The van der Waals surface area contributed by atoms with E-state index < -0.39 is 0 Å². The van der Waals surface area contributed by atoms with Gasteiger partial charge in [-0.2, -0.15) is 5.26 Å². The molecule has 0 amide bonds. The largest absolute Gasteiger partial charge is 0.314 e. The number of hydrogen-bond donors (Lipinski definition) is 1. The van der Waals surface area contributed by atoms with E-state index in [-0.39, 0.29) is 0 Å². The minimum Gasteiger partial charge on any atom is -0.314 e. The van der Waals surface area contributed by atoms with Crippen LogP contribution in [-0.4, -0.2) is 37.1 Å². The Morgan fingerprint density at radius 3 is 2.88 bits per heavy atom. The monoisotopic (exact) mass is 223 g/mol. The second-order valence-electron chi connectivity index (χ2n) is 4.67. The van der Waals surface area contributed by atoms with E-state index in [1.54, 1.807) is 0 Å². The minimum absolute atomic E-state index is 0.449. The molecule has 0 spiro atoms. The molecule has 1 saturated heterocycles. The SMILES string of the molecule is CCCCCCCN1CCNC[C@H]1CC#N. The highest BCUT2D eigenvalue weighted by molar-refractivity contribution is 4.87. The van der Waals surface area contributed by atoms with Crippen molar-refractivity contribution < 1.29 is 0 Å². The van der Waals surface area contributed by atoms with Gasteiger partial charge in [0, 0.05) is 25.7 Å². The Morgan fingerprint density at radius 2 is 2.12 bits per heavy atom. The van der Waals surface area contributed by atoms with Gasteiger partial charge in [-0.1, -0.05) is 32.6 Å². The smallest absolute Gasteiger partial charge is 0.0638 e. The molecule has 1 N–H and O–H groups in total. The third-order valence-corrected chi connectivity index (χ3v) is 3.35. The highest BCUT2D eigenvalue weighted by atomic mass is 15.2. The van der Waals surface area contributed by atoms with Crippen LogP contribution < -0.4 is 5.32 Å². The average Bonchev–Trinajstić information content (AvgIpc) is 2.31. The van der Waals surface area contributed by atoms with Crippen LogP contribution >= 0.6 is 0 Å². The van der Waals surface area contributed by atoms with Gasteiger partial charge in [-0.25, -0.2) is 0 Å². The van der Waals surface area contributed by atoms with Crippen LogP contribution in [0.2, 0.25) is 0 Å². The van der Waals surface area contributed by atoms with Crippen molar-refractivity contribution in [3.05, 3.63) is 0 Å². The first-order valence-electron chi connectivity index (χ1n) is 6.70. The molecular weight excluding hydrogens is 198 g/mol. The molecule has 0 aliphatic carbocycles. The fraction of sp³-hybridized carbons (Fsp3) is 0.923. The van der Waals surface area contributed by atoms with Crippen molar-refractivity contribution in [1.29, 1.82) is 5.26 Å². The Morgan fingerprint density at radius 1 is 1.31 bits per heavy atom. The van der Waals surface area contributed by atoms with Crippen molar-refractivity contribution >= 4 is 0 Å². The molecule has 3 nitrogen and oxygen atoms in total. The maximum absolute atomic E-state index is 8.77. The molecule has 1 aliphatic heterocycles. The Balaban J connectivity index is 2.14. The normalized spacial score (nSPS) is 21.9. The molecule has 0 aromatic carbocycles. The van der Waals surface area contributed by atoms with Crippen LogP contribution in [0.4, 0.5) is 0 Å². The van der Waals surface area contributed by atoms with Gasteiger partial charge >= 0.3 is 0 Å². The Labute approximate surface area is 99.8 Å². The third-order valence-electron chi connectivity index (χ3n) is 3.35. The van der Waals surface area contributed by atoms with Crippen LogP contribution in [0, 0.1) is 11.3 Å². The van der Waals surface area contributed by atoms with Gasteiger partial charge in [-0.3, -0.25) is 4.90 Å². The van der Waals surface area contributed by atoms with Gasteiger partial charge in [0.2, 0.25) is 0 Å². The number of nitriles is 1. The summed E-state index contributed by atoms with van der Waals surface area (Å²) >= 11 is 0. The predicted octanol–water partition coefficient (Wildman–Crippen LogP) is 2.14. The number of nitrogens with one attached hydrogen (secondary N) is 1. The van der Waals surface area contributed by atoms with Crippen LogP contribution in [0.25, 0.3) is 0 Å². The molecule has 0 radical (unpaired) electrons. The number of hydrogen-bond acceptors (Lipinski definition) is 3. The molecule has 0 aromatic heterocycles. The molecule has 0 bridgehead atoms. The van der Waals surface area contributed by atoms with Crippen molar-refractivity contribution in [2.45, 2.75) is 51.5 Å². The van der Waals surface area contributed by atoms with Crippen LogP contribution in [0.3, 0.4) is 0 Å². The summed E-state index contributed by atoms with van der Waals surface area (Å²) in [6, 6.07) is 2.75. The van der Waals surface area contributed by atoms with Crippen molar-refractivity contribution in [3.63, 3.8) is 0 Å². The van der Waals surface area contributed by atoms with Gasteiger partial charge in [0.1, 0.15) is 0 Å². The fourth-order valence-corrected chi connectivity index (χ4v) is 2.32. The molecule has 1 aliphatic rings. The number of piperazine rings is 1. The third kappa shape index (κ3) is 4.96. The fourth-order valence-electron chi connectivity index (χ4n) is 2.32. The summed E-state index contributed by atoms with van der Waals surface area (Å²) in [5.41, 5.74) is 0. The Kier molecular flexibility index (Phi) is 7.20. The lowest BCUT2D eigenvalue weighted by atomic mass is 10.1. The van der Waals surface area contributed by atoms with E-state index in [0.29, 0.717) is 12.5 Å². The summed E-state index contributed by atoms with van der Waals surface area (Å²) in [5.74, 6) is 0. The summed E-state index contributed by atoms with van der Waals surface area (Å²) in [6.45, 7) is 6.61. The minimum atomic E-state index is 0.449. The van der Waals surface area contributed by atoms with E-state index in [1.807, 2.05) is 0 Å². The van der Waals surface area contributed by atoms with Crippen molar-refractivity contribution in [2.75, 3.05) is 26.2 Å². The zero-order chi connectivity index (χ0) is 11.6. The number of unbranched alkanes of at least 4 members (excludes halogenated alkanes) is 4. The zero-order valence-corrected chi connectivity index (χ0v) is 10.5. The van der Waals surface area contributed by atoms with E-state index >= 15 is 0 Å². The number of rotatable bonds is 7. The summed E-state index contributed by atoms with van der Waals surface area (Å²) in [6.07, 6.45) is 7.35. The maximum Gasteiger partial charge on any atom is 0.0638 e. The highest BCUT2D eigenvalue weighted by Gasteiger charge is 2.20. The second-order valence-corrected chi connectivity index (χ2v) is 4.67. The van der Waals surface area contributed by atoms with E-state index in [9.17, 15) is 0 Å². The van der Waals surface area contributed by atoms with Crippen molar-refractivity contribution in [2.24, 2.45) is 0 Å². The quantitative estimate of drug-likeness (QED) is 0.672. The summed E-state index contributed by atoms with van der Waals surface area (Å²) < 4.78 is 0. The van der Waals surface area contributed by atoms with Crippen LogP contribution in [0.15, 0.2) is 0 Å². The van der Waals surface area contributed by atoms with Crippen LogP contribution in [0.1, 0.15) is 45.4 Å². The predicted molar refractivity (Wildman–Crippen MR) is 67.2 cm³/mol. The maximum atomic E-state index is 8.77. The van der Waals surface area contributed by atoms with Gasteiger partial charge in [0.25, 0.3) is 0 Å². The Bertz CT molecular complexity index is 210. The molecule has 1 rings (SSSR count). The van der Waals surface area contributed by atoms with Crippen molar-refractivity contribution in [3.8, 4) is 6.07 Å². The molecule has 16 heavy (non-hydrogen) atoms. The first kappa shape index (κ1) is 13.5. The molecule has 0 unspecified atom stereocenters. The summed E-state index contributed by atoms with van der Waals surface area (Å²) in [5, 5.41) is 12.1. The standard InChI is InChI=1S/C13H25N3/c1-2-3-4-5-6-10-16-11-9-15-12-13(16)7-8-14/h13,15H,2-7,9-12H2,1H3/t13-/m1/s1. The lowest BCUT2D eigenvalue weighted by Gasteiger charge is -2.34. The van der Waals surface area contributed by atoms with Crippen LogP contribution in [0.5, 0.6) is 0 Å². The van der Waals surface area contributed by atoms with Crippen LogP contribution in [-0.2, 0) is 0 Å². The molecule has 3 heteroatoms. The summed E-state index contributed by atoms with van der Waals surface area (Å²) in [7, 11) is 0. The molecule has 1 atom stereocenters. The van der Waals surface area contributed by atoms with Gasteiger partial charge in [-0.15, -0.1) is 0 Å². The molecule has 0 aromatic rings. The Hall–Kier alpha value is -0.590.